The molecule has 1 aliphatic rings. The van der Waals surface area contributed by atoms with Crippen molar-refractivity contribution in [3.05, 3.63) is 0 Å². The van der Waals surface area contributed by atoms with Gasteiger partial charge in [-0.15, -0.1) is 11.6 Å². The predicted octanol–water partition coefficient (Wildman–Crippen LogP) is 3.54. The van der Waals surface area contributed by atoms with Crippen molar-refractivity contribution in [1.82, 2.24) is 0 Å². The van der Waals surface area contributed by atoms with Crippen LogP contribution >= 0.6 is 23.4 Å². The zero-order valence-electron chi connectivity index (χ0n) is 7.24. The molecule has 1 rings (SSSR count). The van der Waals surface area contributed by atoms with Gasteiger partial charge in [0.1, 0.15) is 0 Å². The Kier molecular flexibility index (Phi) is 4.08. The van der Waals surface area contributed by atoms with E-state index < -0.39 is 0 Å². The molecular weight excluding hydrogens is 176 g/mol. The fourth-order valence-electron chi connectivity index (χ4n) is 1.75. The van der Waals surface area contributed by atoms with Gasteiger partial charge in [0.15, 0.2) is 0 Å². The highest BCUT2D eigenvalue weighted by molar-refractivity contribution is 7.99. The summed E-state index contributed by atoms with van der Waals surface area (Å²) in [4.78, 5) is 0. The molecule has 0 unspecified atom stereocenters. The largest absolute Gasteiger partial charge is 0.160 e. The van der Waals surface area contributed by atoms with E-state index in [4.69, 9.17) is 11.6 Å². The highest BCUT2D eigenvalue weighted by Gasteiger charge is 2.27. The van der Waals surface area contributed by atoms with E-state index in [0.29, 0.717) is 5.41 Å². The van der Waals surface area contributed by atoms with Crippen molar-refractivity contribution in [1.29, 1.82) is 0 Å². The second-order valence-electron chi connectivity index (χ2n) is 3.76. The molecule has 11 heavy (non-hydrogen) atoms. The van der Waals surface area contributed by atoms with Gasteiger partial charge in [0.05, 0.1) is 0 Å². The maximum absolute atomic E-state index is 5.61. The van der Waals surface area contributed by atoms with Crippen LogP contribution in [-0.4, -0.2) is 17.4 Å². The fraction of sp³-hybridized carbons (Fsp3) is 1.00. The van der Waals surface area contributed by atoms with E-state index in [9.17, 15) is 0 Å². The van der Waals surface area contributed by atoms with E-state index in [-0.39, 0.29) is 0 Å². The summed E-state index contributed by atoms with van der Waals surface area (Å²) in [7, 11) is 0. The molecule has 0 bridgehead atoms. The van der Waals surface area contributed by atoms with Gasteiger partial charge in [-0.3, -0.25) is 0 Å². The summed E-state index contributed by atoms with van der Waals surface area (Å²) in [5.74, 6) is 3.25. The van der Waals surface area contributed by atoms with Gasteiger partial charge < -0.3 is 0 Å². The summed E-state index contributed by atoms with van der Waals surface area (Å²) in [5, 5.41) is 0. The van der Waals surface area contributed by atoms with Crippen molar-refractivity contribution in [3.63, 3.8) is 0 Å². The Bertz CT molecular complexity index is 108. The molecule has 0 atom stereocenters. The van der Waals surface area contributed by atoms with E-state index >= 15 is 0 Å². The smallest absolute Gasteiger partial charge is 0.0314 e. The Morgan fingerprint density at radius 2 is 2.00 bits per heavy atom. The zero-order valence-corrected chi connectivity index (χ0v) is 8.81. The average molecular weight is 193 g/mol. The van der Waals surface area contributed by atoms with Crippen LogP contribution in [0.3, 0.4) is 0 Å². The van der Waals surface area contributed by atoms with Gasteiger partial charge in [-0.25, -0.2) is 0 Å². The maximum atomic E-state index is 5.61. The average Bonchev–Trinajstić information content (AvgIpc) is 2.38. The number of hydrogen-bond acceptors (Lipinski definition) is 1. The summed E-state index contributed by atoms with van der Waals surface area (Å²) in [5.41, 5.74) is 0.650. The minimum absolute atomic E-state index is 0.650. The molecule has 2 heteroatoms. The van der Waals surface area contributed by atoms with Gasteiger partial charge in [-0.05, 0) is 24.0 Å². The summed E-state index contributed by atoms with van der Waals surface area (Å²) in [6.07, 6.45) is 5.75. The third kappa shape index (κ3) is 3.25. The van der Waals surface area contributed by atoms with Gasteiger partial charge >= 0.3 is 0 Å². The van der Waals surface area contributed by atoms with Crippen molar-refractivity contribution in [2.75, 3.05) is 17.4 Å². The third-order valence-corrected chi connectivity index (χ3v) is 4.29. The molecule has 0 radical (unpaired) electrons. The van der Waals surface area contributed by atoms with E-state index in [0.717, 1.165) is 11.6 Å². The highest BCUT2D eigenvalue weighted by Crippen LogP contribution is 2.39. The second kappa shape index (κ2) is 4.61. The summed E-state index contributed by atoms with van der Waals surface area (Å²) >= 11 is 7.63. The first-order chi connectivity index (χ1) is 5.27. The van der Waals surface area contributed by atoms with Crippen LogP contribution in [0, 0.1) is 5.41 Å². The molecule has 0 amide bonds. The van der Waals surface area contributed by atoms with E-state index in [1.165, 1.54) is 31.4 Å². The van der Waals surface area contributed by atoms with Gasteiger partial charge in [-0.1, -0.05) is 19.8 Å². The van der Waals surface area contributed by atoms with E-state index in [2.05, 4.69) is 6.92 Å². The van der Waals surface area contributed by atoms with Crippen molar-refractivity contribution < 1.29 is 0 Å². The first kappa shape index (κ1) is 9.73. The molecule has 0 aromatic carbocycles. The highest BCUT2D eigenvalue weighted by atomic mass is 35.5. The zero-order chi connectivity index (χ0) is 8.16. The Morgan fingerprint density at radius 1 is 1.36 bits per heavy atom. The normalized spacial score (nSPS) is 22.4. The van der Waals surface area contributed by atoms with E-state index in [1.807, 2.05) is 11.8 Å². The molecule has 0 aromatic heterocycles. The lowest BCUT2D eigenvalue weighted by molar-refractivity contribution is 0.392. The number of alkyl halides is 1. The molecule has 0 heterocycles. The number of rotatable bonds is 4. The van der Waals surface area contributed by atoms with Crippen molar-refractivity contribution in [2.45, 2.75) is 32.6 Å². The van der Waals surface area contributed by atoms with Crippen LogP contribution in [0.2, 0.25) is 0 Å². The summed E-state index contributed by atoms with van der Waals surface area (Å²) in [6, 6.07) is 0. The molecule has 0 aromatic rings. The van der Waals surface area contributed by atoms with Crippen LogP contribution in [0.4, 0.5) is 0 Å². The van der Waals surface area contributed by atoms with E-state index in [1.54, 1.807) is 0 Å². The standard InChI is InChI=1S/C9H17ClS/c1-9(4-2-3-5-9)8-11-7-6-10/h2-8H2,1H3. The van der Waals surface area contributed by atoms with Gasteiger partial charge in [-0.2, -0.15) is 11.8 Å². The summed E-state index contributed by atoms with van der Waals surface area (Å²) in [6.45, 7) is 2.42. The second-order valence-corrected chi connectivity index (χ2v) is 5.24. The SMILES string of the molecule is CC1(CSCCCl)CCCC1. The molecule has 1 saturated carbocycles. The number of thioether (sulfide) groups is 1. The predicted molar refractivity (Wildman–Crippen MR) is 54.6 cm³/mol. The van der Waals surface area contributed by atoms with Gasteiger partial charge in [0.25, 0.3) is 0 Å². The lowest BCUT2D eigenvalue weighted by Crippen LogP contribution is -2.14. The lowest BCUT2D eigenvalue weighted by Gasteiger charge is -2.22. The first-order valence-corrected chi connectivity index (χ1v) is 6.09. The molecule has 1 aliphatic carbocycles. The van der Waals surface area contributed by atoms with Crippen LogP contribution in [0.25, 0.3) is 0 Å². The Balaban J connectivity index is 2.13. The topological polar surface area (TPSA) is 0 Å². The first-order valence-electron chi connectivity index (χ1n) is 4.41. The Hall–Kier alpha value is 0.640. The van der Waals surface area contributed by atoms with Crippen molar-refractivity contribution in [2.24, 2.45) is 5.41 Å². The van der Waals surface area contributed by atoms with Crippen molar-refractivity contribution in [3.8, 4) is 0 Å². The van der Waals surface area contributed by atoms with Crippen LogP contribution in [0.1, 0.15) is 32.6 Å². The third-order valence-electron chi connectivity index (χ3n) is 2.48. The lowest BCUT2D eigenvalue weighted by atomic mass is 9.92. The van der Waals surface area contributed by atoms with Crippen LogP contribution in [-0.2, 0) is 0 Å². The maximum Gasteiger partial charge on any atom is 0.0314 e. The molecule has 0 spiro atoms. The molecule has 0 N–H and O–H groups in total. The van der Waals surface area contributed by atoms with Gasteiger partial charge in [0, 0.05) is 11.6 Å². The van der Waals surface area contributed by atoms with Crippen LogP contribution in [0.5, 0.6) is 0 Å². The monoisotopic (exact) mass is 192 g/mol. The molecule has 1 fully saturated rings. The molecule has 0 saturated heterocycles. The minimum atomic E-state index is 0.650. The number of halogens is 1. The fourth-order valence-corrected chi connectivity index (χ4v) is 3.11. The van der Waals surface area contributed by atoms with Gasteiger partial charge in [0.2, 0.25) is 0 Å². The summed E-state index contributed by atoms with van der Waals surface area (Å²) < 4.78 is 0. The van der Waals surface area contributed by atoms with Crippen LogP contribution in [0.15, 0.2) is 0 Å². The quantitative estimate of drug-likeness (QED) is 0.485. The number of hydrogen-bond donors (Lipinski definition) is 0. The molecule has 0 nitrogen and oxygen atoms in total. The molecular formula is C9H17ClS. The molecule has 66 valence electrons. The Labute approximate surface area is 79.1 Å². The Morgan fingerprint density at radius 3 is 2.55 bits per heavy atom. The molecule has 0 aliphatic heterocycles. The van der Waals surface area contributed by atoms with Crippen molar-refractivity contribution >= 4 is 23.4 Å². The minimum Gasteiger partial charge on any atom is -0.160 e. The van der Waals surface area contributed by atoms with Crippen LogP contribution < -0.4 is 0 Å².